The van der Waals surface area contributed by atoms with Gasteiger partial charge in [-0.3, -0.25) is 9.69 Å². The number of hydrogen-bond acceptors (Lipinski definition) is 11. The molecular weight excluding hydrogens is 678 g/mol. The van der Waals surface area contributed by atoms with Crippen LogP contribution in [0.25, 0.3) is 0 Å². The van der Waals surface area contributed by atoms with E-state index >= 15 is 0 Å². The smallest absolute Gasteiger partial charge is 0.239 e. The standard InChI is InChI=1S/C41H61N3O9/c1-3-22-51-41-37(44(18-23-49-25-21-47)40(48)29-11-12-29)28-35(42-52-4-2)33-26-30(9-5-7-19-45)32(10-6-8-20-46)38(39(33)41)34-27-31(13-14-36(34)53-41)50-24-17-43-15-16-43/h3,13-14,26-27,29-30,32,37-39,45-47H,1,4-12,15-25,28H2,2H3/t30-,32+,37-,38+,39+,41+/m0/s1. The van der Waals surface area contributed by atoms with Gasteiger partial charge in [0, 0.05) is 63.2 Å². The van der Waals surface area contributed by atoms with Crippen LogP contribution in [0.2, 0.25) is 0 Å². The first-order valence-corrected chi connectivity index (χ1v) is 20.0. The molecule has 0 bridgehead atoms. The number of amides is 1. The van der Waals surface area contributed by atoms with Crippen molar-refractivity contribution in [2.24, 2.45) is 28.8 Å². The number of hydrogen-bond donors (Lipinski definition) is 3. The molecule has 0 aromatic heterocycles. The summed E-state index contributed by atoms with van der Waals surface area (Å²) in [6.45, 7) is 11.2. The summed E-state index contributed by atoms with van der Waals surface area (Å²) in [5.41, 5.74) is 2.85. The van der Waals surface area contributed by atoms with E-state index in [1.54, 1.807) is 6.08 Å². The minimum Gasteiger partial charge on any atom is -0.492 e. The van der Waals surface area contributed by atoms with Crippen LogP contribution in [0.4, 0.5) is 0 Å². The Bertz CT molecular complexity index is 1430. The Morgan fingerprint density at radius 2 is 1.87 bits per heavy atom. The van der Waals surface area contributed by atoms with Gasteiger partial charge in [0.1, 0.15) is 30.8 Å². The second-order valence-corrected chi connectivity index (χ2v) is 15.0. The molecule has 0 unspecified atom stereocenters. The van der Waals surface area contributed by atoms with Gasteiger partial charge in [-0.2, -0.15) is 0 Å². The number of ether oxygens (including phenoxy) is 4. The summed E-state index contributed by atoms with van der Waals surface area (Å²) < 4.78 is 26.4. The fraction of sp³-hybridized carbons (Fsp3) is 0.707. The molecule has 3 aliphatic carbocycles. The monoisotopic (exact) mass is 739 g/mol. The van der Waals surface area contributed by atoms with Gasteiger partial charge in [0.2, 0.25) is 11.7 Å². The van der Waals surface area contributed by atoms with Gasteiger partial charge in [0.05, 0.1) is 38.1 Å². The fourth-order valence-electron chi connectivity index (χ4n) is 8.78. The quantitative estimate of drug-likeness (QED) is 0.0609. The topological polar surface area (TPSA) is 143 Å². The van der Waals surface area contributed by atoms with Gasteiger partial charge in [-0.25, -0.2) is 0 Å². The van der Waals surface area contributed by atoms with Gasteiger partial charge in [0.15, 0.2) is 0 Å². The van der Waals surface area contributed by atoms with Crippen LogP contribution in [0.5, 0.6) is 11.5 Å². The zero-order chi connectivity index (χ0) is 37.2. The highest BCUT2D eigenvalue weighted by Crippen LogP contribution is 2.62. The minimum absolute atomic E-state index is 0.0469. The molecule has 2 saturated carbocycles. The van der Waals surface area contributed by atoms with Crippen LogP contribution in [0.1, 0.15) is 76.2 Å². The number of rotatable bonds is 24. The third-order valence-electron chi connectivity index (χ3n) is 11.5. The van der Waals surface area contributed by atoms with Crippen LogP contribution >= 0.6 is 0 Å². The number of oxime groups is 1. The summed E-state index contributed by atoms with van der Waals surface area (Å²) in [4.78, 5) is 24.4. The molecule has 1 amide bonds. The zero-order valence-corrected chi connectivity index (χ0v) is 31.5. The van der Waals surface area contributed by atoms with Crippen molar-refractivity contribution in [2.75, 3.05) is 79.0 Å². The van der Waals surface area contributed by atoms with Gasteiger partial charge in [-0.15, -0.1) is 6.58 Å². The Morgan fingerprint density at radius 1 is 1.08 bits per heavy atom. The van der Waals surface area contributed by atoms with Crippen molar-refractivity contribution >= 4 is 11.6 Å². The molecule has 3 N–H and O–H groups in total. The SMILES string of the molecule is C=CCO[C@@]12Oc3ccc(OCCN4CC4)cc3[C@H]3[C@H](CCCCO)[C@@H](CCCCO)C=C(C(=NOCC)C[C@@H]1N(CCOCCO)C(=O)C1CC1)[C@H]32. The lowest BCUT2D eigenvalue weighted by Crippen LogP contribution is -2.70. The molecule has 6 rings (SSSR count). The Hall–Kier alpha value is -3.00. The van der Waals surface area contributed by atoms with Crippen molar-refractivity contribution in [2.45, 2.75) is 82.5 Å². The highest BCUT2D eigenvalue weighted by atomic mass is 16.7. The normalized spacial score (nSPS) is 28.0. The number of allylic oxidation sites excluding steroid dienone is 1. The first-order chi connectivity index (χ1) is 26.0. The van der Waals surface area contributed by atoms with Gasteiger partial charge >= 0.3 is 0 Å². The summed E-state index contributed by atoms with van der Waals surface area (Å²) in [6.07, 6.45) is 11.0. The third kappa shape index (κ3) is 9.28. The van der Waals surface area contributed by atoms with E-state index < -0.39 is 11.8 Å². The molecule has 3 fully saturated rings. The van der Waals surface area contributed by atoms with Crippen LogP contribution in [-0.2, 0) is 19.1 Å². The predicted octanol–water partition coefficient (Wildman–Crippen LogP) is 4.28. The van der Waals surface area contributed by atoms with Crippen molar-refractivity contribution in [1.82, 2.24) is 9.80 Å². The number of nitrogens with zero attached hydrogens (tertiary/aromatic N) is 3. The Kier molecular flexibility index (Phi) is 14.3. The van der Waals surface area contributed by atoms with Crippen molar-refractivity contribution in [1.29, 1.82) is 0 Å². The van der Waals surface area contributed by atoms with E-state index in [-0.39, 0.29) is 75.1 Å². The number of unbranched alkanes of at least 4 members (excludes halogenated alkanes) is 2. The molecule has 5 aliphatic rings. The molecule has 2 heterocycles. The molecule has 53 heavy (non-hydrogen) atoms. The summed E-state index contributed by atoms with van der Waals surface area (Å²) in [5, 5.41) is 33.8. The van der Waals surface area contributed by atoms with Crippen LogP contribution in [0, 0.1) is 23.7 Å². The largest absolute Gasteiger partial charge is 0.492 e. The van der Waals surface area contributed by atoms with E-state index in [4.69, 9.17) is 28.9 Å². The lowest BCUT2D eigenvalue weighted by molar-refractivity contribution is -0.258. The Balaban J connectivity index is 1.52. The maximum atomic E-state index is 14.3. The lowest BCUT2D eigenvalue weighted by Gasteiger charge is -2.60. The molecular formula is C41H61N3O9. The molecule has 294 valence electrons. The number of benzene rings is 1. The molecule has 12 heteroatoms. The predicted molar refractivity (Wildman–Crippen MR) is 201 cm³/mol. The minimum atomic E-state index is -1.29. The maximum Gasteiger partial charge on any atom is 0.239 e. The van der Waals surface area contributed by atoms with Crippen LogP contribution in [-0.4, -0.2) is 128 Å². The number of carbonyl (C=O) groups is 1. The summed E-state index contributed by atoms with van der Waals surface area (Å²) >= 11 is 0. The van der Waals surface area contributed by atoms with E-state index in [1.165, 1.54) is 0 Å². The second-order valence-electron chi connectivity index (χ2n) is 15.0. The molecule has 1 aromatic rings. The van der Waals surface area contributed by atoms with E-state index in [1.807, 2.05) is 24.0 Å². The fourth-order valence-corrected chi connectivity index (χ4v) is 8.78. The summed E-state index contributed by atoms with van der Waals surface area (Å²) in [7, 11) is 0. The molecule has 1 aromatic carbocycles. The van der Waals surface area contributed by atoms with E-state index in [0.29, 0.717) is 38.3 Å². The van der Waals surface area contributed by atoms with Crippen molar-refractivity contribution in [3.63, 3.8) is 0 Å². The van der Waals surface area contributed by atoms with Gasteiger partial charge in [-0.05, 0) is 81.1 Å². The Labute approximate surface area is 314 Å². The van der Waals surface area contributed by atoms with Crippen molar-refractivity contribution in [3.8, 4) is 11.5 Å². The molecule has 0 radical (unpaired) electrons. The average Bonchev–Trinajstić information content (AvgIpc) is 4.11. The first-order valence-electron chi connectivity index (χ1n) is 20.0. The molecule has 12 nitrogen and oxygen atoms in total. The highest BCUT2D eigenvalue weighted by molar-refractivity contribution is 6.03. The summed E-state index contributed by atoms with van der Waals surface area (Å²) in [5.74, 6) is 0.0230. The van der Waals surface area contributed by atoms with E-state index in [2.05, 4.69) is 23.6 Å². The number of aliphatic hydroxyl groups excluding tert-OH is 3. The van der Waals surface area contributed by atoms with Crippen LogP contribution in [0.3, 0.4) is 0 Å². The second kappa shape index (κ2) is 19.0. The zero-order valence-electron chi connectivity index (χ0n) is 31.5. The van der Waals surface area contributed by atoms with Gasteiger partial charge < -0.3 is 44.0 Å². The van der Waals surface area contributed by atoms with Crippen molar-refractivity contribution < 1.29 is 43.9 Å². The maximum absolute atomic E-state index is 14.3. The van der Waals surface area contributed by atoms with E-state index in [0.717, 1.165) is 87.2 Å². The number of carbonyl (C=O) groups excluding carboxylic acids is 1. The lowest BCUT2D eigenvalue weighted by atomic mass is 9.55. The van der Waals surface area contributed by atoms with E-state index in [9.17, 15) is 20.1 Å². The first kappa shape index (κ1) is 39.7. The highest BCUT2D eigenvalue weighted by Gasteiger charge is 2.65. The Morgan fingerprint density at radius 3 is 2.57 bits per heavy atom. The summed E-state index contributed by atoms with van der Waals surface area (Å²) in [6, 6.07) is 5.54. The average molecular weight is 740 g/mol. The van der Waals surface area contributed by atoms with Gasteiger partial charge in [0.25, 0.3) is 0 Å². The molecule has 1 saturated heterocycles. The third-order valence-corrected chi connectivity index (χ3v) is 11.5. The number of aliphatic hydroxyl groups is 3. The number of fused-ring (bicyclic) bond motifs is 2. The van der Waals surface area contributed by atoms with Gasteiger partial charge in [-0.1, -0.05) is 30.1 Å². The van der Waals surface area contributed by atoms with Crippen molar-refractivity contribution in [3.05, 3.63) is 48.1 Å². The molecule has 6 atom stereocenters. The van der Waals surface area contributed by atoms with Crippen LogP contribution < -0.4 is 9.47 Å². The molecule has 0 spiro atoms. The molecule has 2 aliphatic heterocycles. The van der Waals surface area contributed by atoms with Crippen LogP contribution in [0.15, 0.2) is 47.7 Å².